The van der Waals surface area contributed by atoms with Gasteiger partial charge < -0.3 is 9.67 Å². The molecular weight excluding hydrogens is 254 g/mol. The molecule has 0 amide bonds. The van der Waals surface area contributed by atoms with Gasteiger partial charge in [-0.15, -0.1) is 0 Å². The molecule has 96 valence electrons. The lowest BCUT2D eigenvalue weighted by atomic mass is 10.1. The number of nitrogens with zero attached hydrogens (tertiary/aromatic N) is 1. The van der Waals surface area contributed by atoms with Gasteiger partial charge in [0.05, 0.1) is 11.3 Å². The van der Waals surface area contributed by atoms with Crippen LogP contribution < -0.4 is 0 Å². The number of hydrogen-bond donors (Lipinski definition) is 1. The Morgan fingerprint density at radius 2 is 2.06 bits per heavy atom. The molecule has 18 heavy (non-hydrogen) atoms. The number of aryl methyl sites for hydroxylation is 1. The molecule has 0 aliphatic rings. The van der Waals surface area contributed by atoms with E-state index in [9.17, 15) is 13.2 Å². The number of carbonyl (C=O) groups is 1. The highest BCUT2D eigenvalue weighted by molar-refractivity contribution is 7.90. The van der Waals surface area contributed by atoms with Crippen molar-refractivity contribution in [2.24, 2.45) is 0 Å². The average molecular weight is 267 g/mol. The largest absolute Gasteiger partial charge is 0.478 e. The van der Waals surface area contributed by atoms with Crippen molar-refractivity contribution in [2.75, 3.05) is 12.0 Å². The van der Waals surface area contributed by atoms with Gasteiger partial charge in [-0.25, -0.2) is 13.2 Å². The standard InChI is InChI=1S/C12H13NO4S/c1-18(16,17)8-7-13-6-5-9-10(12(14)15)3-2-4-11(9)13/h2-6H,7-8H2,1H3,(H,14,15). The second-order valence-electron chi connectivity index (χ2n) is 4.18. The van der Waals surface area contributed by atoms with Crippen LogP contribution in [0, 0.1) is 0 Å². The molecule has 1 aromatic heterocycles. The molecule has 1 aromatic carbocycles. The molecule has 1 heterocycles. The average Bonchev–Trinajstić information content (AvgIpc) is 2.68. The highest BCUT2D eigenvalue weighted by atomic mass is 32.2. The fourth-order valence-corrected chi connectivity index (χ4v) is 2.40. The van der Waals surface area contributed by atoms with Crippen molar-refractivity contribution in [2.45, 2.75) is 6.54 Å². The van der Waals surface area contributed by atoms with Crippen LogP contribution in [0.5, 0.6) is 0 Å². The van der Waals surface area contributed by atoms with Crippen LogP contribution in [0.4, 0.5) is 0 Å². The molecule has 0 aliphatic carbocycles. The number of carboxylic acids is 1. The Bertz CT molecular complexity index is 700. The van der Waals surface area contributed by atoms with Crippen molar-refractivity contribution in [3.8, 4) is 0 Å². The maximum Gasteiger partial charge on any atom is 0.336 e. The molecule has 0 aliphatic heterocycles. The summed E-state index contributed by atoms with van der Waals surface area (Å²) in [6, 6.07) is 6.67. The van der Waals surface area contributed by atoms with Crippen molar-refractivity contribution >= 4 is 26.7 Å². The summed E-state index contributed by atoms with van der Waals surface area (Å²) in [6.07, 6.45) is 2.89. The van der Waals surface area contributed by atoms with Crippen LogP contribution in [-0.2, 0) is 16.4 Å². The van der Waals surface area contributed by atoms with Gasteiger partial charge in [-0.1, -0.05) is 6.07 Å². The zero-order valence-electron chi connectivity index (χ0n) is 9.83. The number of rotatable bonds is 4. The summed E-state index contributed by atoms with van der Waals surface area (Å²) in [5, 5.41) is 9.67. The fraction of sp³-hybridized carbons (Fsp3) is 0.250. The Morgan fingerprint density at radius 1 is 1.33 bits per heavy atom. The van der Waals surface area contributed by atoms with Gasteiger partial charge in [-0.2, -0.15) is 0 Å². The molecule has 1 N–H and O–H groups in total. The number of aromatic carboxylic acids is 1. The monoisotopic (exact) mass is 267 g/mol. The Kier molecular flexibility index (Phi) is 3.13. The van der Waals surface area contributed by atoms with Crippen molar-refractivity contribution in [1.82, 2.24) is 4.57 Å². The third-order valence-corrected chi connectivity index (χ3v) is 3.67. The zero-order valence-corrected chi connectivity index (χ0v) is 10.6. The highest BCUT2D eigenvalue weighted by Gasteiger charge is 2.11. The lowest BCUT2D eigenvalue weighted by molar-refractivity contribution is 0.0699. The van der Waals surface area contributed by atoms with E-state index in [1.54, 1.807) is 29.0 Å². The summed E-state index contributed by atoms with van der Waals surface area (Å²) < 4.78 is 24.0. The van der Waals surface area contributed by atoms with Crippen LogP contribution >= 0.6 is 0 Å². The fourth-order valence-electron chi connectivity index (χ4n) is 1.87. The van der Waals surface area contributed by atoms with Crippen LogP contribution in [0.1, 0.15) is 10.4 Å². The van der Waals surface area contributed by atoms with E-state index in [1.807, 2.05) is 0 Å². The molecule has 2 rings (SSSR count). The van der Waals surface area contributed by atoms with Gasteiger partial charge >= 0.3 is 5.97 Å². The molecule has 0 fully saturated rings. The maximum absolute atomic E-state index is 11.1. The van der Waals surface area contributed by atoms with Crippen LogP contribution in [0.25, 0.3) is 10.9 Å². The first-order valence-corrected chi connectivity index (χ1v) is 7.43. The minimum Gasteiger partial charge on any atom is -0.478 e. The smallest absolute Gasteiger partial charge is 0.336 e. The van der Waals surface area contributed by atoms with Crippen molar-refractivity contribution in [3.63, 3.8) is 0 Å². The topological polar surface area (TPSA) is 76.4 Å². The summed E-state index contributed by atoms with van der Waals surface area (Å²) >= 11 is 0. The summed E-state index contributed by atoms with van der Waals surface area (Å²) in [4.78, 5) is 11.0. The maximum atomic E-state index is 11.1. The third-order valence-electron chi connectivity index (χ3n) is 2.75. The molecule has 5 nitrogen and oxygen atoms in total. The van der Waals surface area contributed by atoms with Crippen LogP contribution in [0.3, 0.4) is 0 Å². The number of sulfone groups is 1. The SMILES string of the molecule is CS(=O)(=O)CCn1ccc2c(C(=O)O)cccc21. The number of aromatic nitrogens is 1. The van der Waals surface area contributed by atoms with Gasteiger partial charge in [0.25, 0.3) is 0 Å². The predicted octanol–water partition coefficient (Wildman–Crippen LogP) is 1.38. The number of fused-ring (bicyclic) bond motifs is 1. The summed E-state index contributed by atoms with van der Waals surface area (Å²) in [6.45, 7) is 0.325. The van der Waals surface area contributed by atoms with Crippen LogP contribution in [0.2, 0.25) is 0 Å². The lowest BCUT2D eigenvalue weighted by Crippen LogP contribution is -2.10. The third kappa shape index (κ3) is 2.53. The molecule has 6 heteroatoms. The second kappa shape index (κ2) is 4.45. The van der Waals surface area contributed by atoms with E-state index < -0.39 is 15.8 Å². The van der Waals surface area contributed by atoms with Gasteiger partial charge in [0.1, 0.15) is 9.84 Å². The van der Waals surface area contributed by atoms with Gasteiger partial charge in [-0.05, 0) is 18.2 Å². The number of carboxylic acid groups (broad SMARTS) is 1. The first-order chi connectivity index (χ1) is 8.38. The Hall–Kier alpha value is -1.82. The second-order valence-corrected chi connectivity index (χ2v) is 6.44. The minimum absolute atomic E-state index is 0.0358. The quantitative estimate of drug-likeness (QED) is 0.908. The summed E-state index contributed by atoms with van der Waals surface area (Å²) in [5.74, 6) is -0.949. The molecule has 0 radical (unpaired) electrons. The van der Waals surface area contributed by atoms with Gasteiger partial charge in [-0.3, -0.25) is 0 Å². The first kappa shape index (κ1) is 12.6. The van der Waals surface area contributed by atoms with E-state index in [4.69, 9.17) is 5.11 Å². The van der Waals surface area contributed by atoms with Gasteiger partial charge in [0.15, 0.2) is 0 Å². The molecule has 0 saturated carbocycles. The Labute approximate surface area is 105 Å². The van der Waals surface area contributed by atoms with E-state index in [-0.39, 0.29) is 11.3 Å². The zero-order chi connectivity index (χ0) is 13.3. The summed E-state index contributed by atoms with van der Waals surface area (Å²) in [7, 11) is -3.03. The normalized spacial score (nSPS) is 11.8. The number of hydrogen-bond acceptors (Lipinski definition) is 3. The van der Waals surface area contributed by atoms with Crippen molar-refractivity contribution in [3.05, 3.63) is 36.0 Å². The molecule has 0 unspecified atom stereocenters. The molecule has 0 spiro atoms. The van der Waals surface area contributed by atoms with Crippen LogP contribution in [-0.4, -0.2) is 36.1 Å². The van der Waals surface area contributed by atoms with Gasteiger partial charge in [0, 0.05) is 29.9 Å². The van der Waals surface area contributed by atoms with E-state index in [0.29, 0.717) is 11.9 Å². The Morgan fingerprint density at radius 3 is 2.67 bits per heavy atom. The lowest BCUT2D eigenvalue weighted by Gasteiger charge is -2.05. The predicted molar refractivity (Wildman–Crippen MR) is 68.6 cm³/mol. The molecular formula is C12H13NO4S. The molecule has 2 aromatic rings. The van der Waals surface area contributed by atoms with E-state index in [2.05, 4.69) is 0 Å². The van der Waals surface area contributed by atoms with Gasteiger partial charge in [0.2, 0.25) is 0 Å². The molecule has 0 bridgehead atoms. The van der Waals surface area contributed by atoms with Crippen molar-refractivity contribution < 1.29 is 18.3 Å². The van der Waals surface area contributed by atoms with E-state index in [1.165, 1.54) is 12.3 Å². The van der Waals surface area contributed by atoms with Crippen molar-refractivity contribution in [1.29, 1.82) is 0 Å². The molecule has 0 saturated heterocycles. The van der Waals surface area contributed by atoms with E-state index >= 15 is 0 Å². The van der Waals surface area contributed by atoms with E-state index in [0.717, 1.165) is 5.52 Å². The van der Waals surface area contributed by atoms with Crippen LogP contribution in [0.15, 0.2) is 30.5 Å². The number of benzene rings is 1. The first-order valence-electron chi connectivity index (χ1n) is 5.37. The molecule has 0 atom stereocenters. The minimum atomic E-state index is -3.03. The summed E-state index contributed by atoms with van der Waals surface area (Å²) in [5.41, 5.74) is 0.962. The Balaban J connectivity index is 2.43. The highest BCUT2D eigenvalue weighted by Crippen LogP contribution is 2.20.